The molecule has 0 aliphatic carbocycles. The minimum absolute atomic E-state index is 0.460. The molecule has 2 atom stereocenters. The molecule has 3 rings (SSSR count). The first-order chi connectivity index (χ1) is 12.5. The lowest BCUT2D eigenvalue weighted by Gasteiger charge is -2.43. The van der Waals surface area contributed by atoms with E-state index in [0.717, 1.165) is 32.4 Å². The molecule has 1 fully saturated rings. The monoisotopic (exact) mass is 353 g/mol. The summed E-state index contributed by atoms with van der Waals surface area (Å²) in [6.45, 7) is 5.27. The van der Waals surface area contributed by atoms with Crippen LogP contribution in [0.1, 0.15) is 50.3 Å². The van der Waals surface area contributed by atoms with Crippen LogP contribution in [0.4, 0.5) is 0 Å². The Balaban J connectivity index is 1.97. The van der Waals surface area contributed by atoms with Gasteiger partial charge in [-0.2, -0.15) is 10.5 Å². The summed E-state index contributed by atoms with van der Waals surface area (Å²) < 4.78 is 5.93. The molecular formula is C19H23N5O2. The quantitative estimate of drug-likeness (QED) is 0.455. The molecule has 26 heavy (non-hydrogen) atoms. The summed E-state index contributed by atoms with van der Waals surface area (Å²) in [6, 6.07) is 6.74. The fourth-order valence-electron chi connectivity index (χ4n) is 3.51. The molecule has 1 aromatic carbocycles. The molecule has 136 valence electrons. The molecule has 0 amide bonds. The van der Waals surface area contributed by atoms with Gasteiger partial charge in [-0.05, 0) is 51.3 Å². The number of aliphatic hydroxyl groups is 1. The zero-order chi connectivity index (χ0) is 18.7. The number of nitrogens with zero attached hydrogens (tertiary/aromatic N) is 4. The Morgan fingerprint density at radius 1 is 1.31 bits per heavy atom. The third kappa shape index (κ3) is 3.44. The third-order valence-corrected chi connectivity index (χ3v) is 4.97. The summed E-state index contributed by atoms with van der Waals surface area (Å²) in [5.41, 5.74) is 0.361. The normalized spacial score (nSPS) is 24.7. The van der Waals surface area contributed by atoms with Crippen LogP contribution in [-0.4, -0.2) is 40.8 Å². The van der Waals surface area contributed by atoms with Crippen LogP contribution in [0.3, 0.4) is 0 Å². The Hall–Kier alpha value is -2.77. The lowest BCUT2D eigenvalue weighted by atomic mass is 9.86. The van der Waals surface area contributed by atoms with Crippen molar-refractivity contribution in [1.29, 1.82) is 10.5 Å². The highest BCUT2D eigenvalue weighted by atomic mass is 16.5. The topological polar surface area (TPSA) is 105 Å². The van der Waals surface area contributed by atoms with E-state index in [-0.39, 0.29) is 0 Å². The minimum atomic E-state index is -0.877. The number of nitrogens with one attached hydrogen (secondary N) is 1. The summed E-state index contributed by atoms with van der Waals surface area (Å²) in [7, 11) is 0. The lowest BCUT2D eigenvalue weighted by molar-refractivity contribution is -0.0615. The number of aliphatic imine (C=N–C) groups is 1. The van der Waals surface area contributed by atoms with E-state index >= 15 is 0 Å². The maximum absolute atomic E-state index is 10.9. The molecular weight excluding hydrogens is 330 g/mol. The van der Waals surface area contributed by atoms with Crippen LogP contribution in [0.2, 0.25) is 0 Å². The van der Waals surface area contributed by atoms with Gasteiger partial charge in [0.25, 0.3) is 0 Å². The van der Waals surface area contributed by atoms with Crippen molar-refractivity contribution in [2.24, 2.45) is 4.99 Å². The predicted octanol–water partition coefficient (Wildman–Crippen LogP) is 2.04. The maximum Gasteiger partial charge on any atom is 0.210 e. The highest BCUT2D eigenvalue weighted by molar-refractivity contribution is 5.81. The van der Waals surface area contributed by atoms with Crippen LogP contribution < -0.4 is 10.1 Å². The lowest BCUT2D eigenvalue weighted by Crippen LogP contribution is -2.56. The zero-order valence-electron chi connectivity index (χ0n) is 15.1. The second-order valence-corrected chi connectivity index (χ2v) is 7.22. The Morgan fingerprint density at radius 3 is 2.69 bits per heavy atom. The van der Waals surface area contributed by atoms with Crippen molar-refractivity contribution in [2.75, 3.05) is 13.1 Å². The van der Waals surface area contributed by atoms with Crippen molar-refractivity contribution in [2.45, 2.75) is 50.9 Å². The number of piperidine rings is 1. The van der Waals surface area contributed by atoms with E-state index < -0.39 is 17.7 Å². The number of guanidine groups is 1. The Labute approximate surface area is 153 Å². The van der Waals surface area contributed by atoms with Crippen molar-refractivity contribution in [1.82, 2.24) is 10.2 Å². The van der Waals surface area contributed by atoms with Gasteiger partial charge >= 0.3 is 0 Å². The molecule has 0 spiro atoms. The van der Waals surface area contributed by atoms with Gasteiger partial charge in [-0.15, -0.1) is 4.99 Å². The largest absolute Gasteiger partial charge is 0.485 e. The Bertz CT molecular complexity index is 784. The van der Waals surface area contributed by atoms with Gasteiger partial charge in [-0.25, -0.2) is 0 Å². The molecule has 0 radical (unpaired) electrons. The van der Waals surface area contributed by atoms with Crippen LogP contribution in [0.5, 0.6) is 5.75 Å². The third-order valence-electron chi connectivity index (χ3n) is 4.97. The molecule has 0 unspecified atom stereocenters. The van der Waals surface area contributed by atoms with Crippen molar-refractivity contribution >= 4 is 5.96 Å². The van der Waals surface area contributed by atoms with E-state index in [1.165, 1.54) is 0 Å². The van der Waals surface area contributed by atoms with E-state index in [2.05, 4.69) is 16.4 Å². The predicted molar refractivity (Wildman–Crippen MR) is 96.2 cm³/mol. The molecule has 0 saturated carbocycles. The number of likely N-dealkylation sites (tertiary alicyclic amines) is 1. The van der Waals surface area contributed by atoms with E-state index in [1.807, 2.05) is 24.9 Å². The number of fused-ring (bicyclic) bond motifs is 1. The number of hydrogen-bond donors (Lipinski definition) is 2. The van der Waals surface area contributed by atoms with Crippen LogP contribution in [0.25, 0.3) is 0 Å². The summed E-state index contributed by atoms with van der Waals surface area (Å²) >= 11 is 0. The van der Waals surface area contributed by atoms with Gasteiger partial charge in [0.15, 0.2) is 0 Å². The first kappa shape index (κ1) is 18.0. The fraction of sp³-hybridized carbons (Fsp3) is 0.526. The van der Waals surface area contributed by atoms with E-state index in [1.54, 1.807) is 18.2 Å². The highest BCUT2D eigenvalue weighted by Gasteiger charge is 2.43. The van der Waals surface area contributed by atoms with Gasteiger partial charge < -0.3 is 20.1 Å². The summed E-state index contributed by atoms with van der Waals surface area (Å²) in [6.07, 6.45) is 4.23. The van der Waals surface area contributed by atoms with Crippen LogP contribution >= 0.6 is 0 Å². The average Bonchev–Trinajstić information content (AvgIpc) is 2.65. The first-order valence-corrected chi connectivity index (χ1v) is 8.85. The second kappa shape index (κ2) is 7.23. The second-order valence-electron chi connectivity index (χ2n) is 7.22. The first-order valence-electron chi connectivity index (χ1n) is 8.85. The van der Waals surface area contributed by atoms with E-state index in [4.69, 9.17) is 10.00 Å². The summed E-state index contributed by atoms with van der Waals surface area (Å²) in [4.78, 5) is 6.00. The molecule has 2 aliphatic heterocycles. The smallest absolute Gasteiger partial charge is 0.210 e. The molecule has 0 bridgehead atoms. The SMILES string of the molecule is CC1(C)Oc2ccc(C#N)cc2[C@@H](NC(=NC#N)N2CCCCC2)[C@@H]1O. The van der Waals surface area contributed by atoms with Gasteiger partial charge in [0, 0.05) is 18.7 Å². The van der Waals surface area contributed by atoms with Crippen molar-refractivity contribution < 1.29 is 9.84 Å². The van der Waals surface area contributed by atoms with Gasteiger partial charge in [0.05, 0.1) is 17.7 Å². The van der Waals surface area contributed by atoms with Crippen molar-refractivity contribution in [3.63, 3.8) is 0 Å². The summed E-state index contributed by atoms with van der Waals surface area (Å²) in [5, 5.41) is 32.5. The van der Waals surface area contributed by atoms with Gasteiger partial charge in [0.2, 0.25) is 12.2 Å². The zero-order valence-corrected chi connectivity index (χ0v) is 15.1. The van der Waals surface area contributed by atoms with Gasteiger partial charge in [-0.3, -0.25) is 0 Å². The van der Waals surface area contributed by atoms with Crippen LogP contribution in [-0.2, 0) is 0 Å². The maximum atomic E-state index is 10.9. The Kier molecular flexibility index (Phi) is 5.01. The summed E-state index contributed by atoms with van der Waals surface area (Å²) in [5.74, 6) is 1.08. The number of hydrogen-bond acceptors (Lipinski definition) is 5. The van der Waals surface area contributed by atoms with Crippen LogP contribution in [0, 0.1) is 22.8 Å². The van der Waals surface area contributed by atoms with Crippen molar-refractivity contribution in [3.05, 3.63) is 29.3 Å². The number of benzene rings is 1. The molecule has 1 aromatic rings. The van der Waals surface area contributed by atoms with E-state index in [0.29, 0.717) is 22.8 Å². The van der Waals surface area contributed by atoms with Gasteiger partial charge in [0.1, 0.15) is 17.5 Å². The molecule has 1 saturated heterocycles. The standard InChI is InChI=1S/C19H23N5O2/c1-19(2)17(25)16(14-10-13(11-20)6-7-15(14)26-19)23-18(22-12-21)24-8-4-3-5-9-24/h6-7,10,16-17,25H,3-5,8-9H2,1-2H3,(H,22,23)/t16-,17+/m1/s1. The highest BCUT2D eigenvalue weighted by Crippen LogP contribution is 2.40. The molecule has 7 heteroatoms. The molecule has 2 aliphatic rings. The van der Waals surface area contributed by atoms with Gasteiger partial charge in [-0.1, -0.05) is 0 Å². The molecule has 0 aromatic heterocycles. The Morgan fingerprint density at radius 2 is 2.04 bits per heavy atom. The van der Waals surface area contributed by atoms with E-state index in [9.17, 15) is 10.4 Å². The molecule has 2 N–H and O–H groups in total. The number of nitriles is 2. The fourth-order valence-corrected chi connectivity index (χ4v) is 3.51. The average molecular weight is 353 g/mol. The number of ether oxygens (including phenoxy) is 1. The molecule has 7 nitrogen and oxygen atoms in total. The number of rotatable bonds is 1. The molecule has 2 heterocycles. The number of aliphatic hydroxyl groups excluding tert-OH is 1. The van der Waals surface area contributed by atoms with Crippen LogP contribution in [0.15, 0.2) is 23.2 Å². The minimum Gasteiger partial charge on any atom is -0.485 e. The van der Waals surface area contributed by atoms with Crippen molar-refractivity contribution in [3.8, 4) is 18.0 Å².